The number of carbonyl (C=O) groups excluding carboxylic acids is 1. The molecular weight excluding hydrogens is 254 g/mol. The van der Waals surface area contributed by atoms with Gasteiger partial charge in [0.2, 0.25) is 0 Å². The van der Waals surface area contributed by atoms with E-state index in [9.17, 15) is 4.79 Å². The Labute approximate surface area is 119 Å². The molecule has 0 radical (unpaired) electrons. The fraction of sp³-hybridized carbons (Fsp3) is 0.571. The normalized spacial score (nSPS) is 19.1. The Hall–Kier alpha value is -1.66. The summed E-state index contributed by atoms with van der Waals surface area (Å²) in [5.74, 6) is 5.86. The average molecular weight is 277 g/mol. The van der Waals surface area contributed by atoms with Crippen molar-refractivity contribution in [1.82, 2.24) is 15.2 Å². The molecule has 0 saturated carbocycles. The highest BCUT2D eigenvalue weighted by molar-refractivity contribution is 5.99. The molecule has 110 valence electrons. The number of aromatic nitrogens is 1. The van der Waals surface area contributed by atoms with Crippen LogP contribution >= 0.6 is 0 Å². The first-order valence-corrected chi connectivity index (χ1v) is 7.07. The van der Waals surface area contributed by atoms with Gasteiger partial charge in [-0.25, -0.2) is 0 Å². The highest BCUT2D eigenvalue weighted by Crippen LogP contribution is 2.16. The number of hydrogen-bond acceptors (Lipinski definition) is 5. The second-order valence-electron chi connectivity index (χ2n) is 5.27. The summed E-state index contributed by atoms with van der Waals surface area (Å²) in [6.45, 7) is 7.99. The van der Waals surface area contributed by atoms with Crippen LogP contribution in [0.5, 0.6) is 0 Å². The van der Waals surface area contributed by atoms with E-state index >= 15 is 0 Å². The molecule has 0 bridgehead atoms. The first-order chi connectivity index (χ1) is 9.63. The molecule has 0 aromatic carbocycles. The second kappa shape index (κ2) is 6.67. The predicted molar refractivity (Wildman–Crippen MR) is 79.3 cm³/mol. The number of hydrogen-bond donors (Lipinski definition) is 3. The third-order valence-electron chi connectivity index (χ3n) is 3.81. The first kappa shape index (κ1) is 14.7. The van der Waals surface area contributed by atoms with Gasteiger partial charge in [-0.05, 0) is 38.4 Å². The van der Waals surface area contributed by atoms with Crippen LogP contribution in [-0.2, 0) is 0 Å². The first-order valence-electron chi connectivity index (χ1n) is 7.07. The van der Waals surface area contributed by atoms with E-state index in [0.29, 0.717) is 23.7 Å². The van der Waals surface area contributed by atoms with Crippen LogP contribution in [-0.4, -0.2) is 42.0 Å². The molecule has 0 aliphatic carbocycles. The second-order valence-corrected chi connectivity index (χ2v) is 5.27. The molecule has 2 heterocycles. The summed E-state index contributed by atoms with van der Waals surface area (Å²) in [4.78, 5) is 18.7. The average Bonchev–Trinajstić information content (AvgIpc) is 2.92. The molecule has 20 heavy (non-hydrogen) atoms. The number of carbonyl (C=O) groups is 1. The van der Waals surface area contributed by atoms with Crippen LogP contribution in [0.25, 0.3) is 0 Å². The summed E-state index contributed by atoms with van der Waals surface area (Å²) in [5.41, 5.74) is 4.47. The predicted octanol–water partition coefficient (Wildman–Crippen LogP) is 0.747. The van der Waals surface area contributed by atoms with Gasteiger partial charge in [0.25, 0.3) is 5.91 Å². The number of aryl methyl sites for hydroxylation is 1. The van der Waals surface area contributed by atoms with Gasteiger partial charge >= 0.3 is 0 Å². The summed E-state index contributed by atoms with van der Waals surface area (Å²) in [6, 6.07) is 1.77. The third-order valence-corrected chi connectivity index (χ3v) is 3.81. The zero-order chi connectivity index (χ0) is 14.5. The molecule has 1 aromatic rings. The van der Waals surface area contributed by atoms with Gasteiger partial charge in [0.05, 0.1) is 11.3 Å². The fourth-order valence-electron chi connectivity index (χ4n) is 2.56. The van der Waals surface area contributed by atoms with Crippen LogP contribution in [0, 0.1) is 12.8 Å². The van der Waals surface area contributed by atoms with Gasteiger partial charge in [-0.3, -0.25) is 15.6 Å². The minimum absolute atomic E-state index is 0.125. The maximum absolute atomic E-state index is 12.2. The van der Waals surface area contributed by atoms with Crippen LogP contribution in [0.4, 0.5) is 5.69 Å². The van der Waals surface area contributed by atoms with Crippen LogP contribution in [0.2, 0.25) is 0 Å². The molecule has 6 heteroatoms. The summed E-state index contributed by atoms with van der Waals surface area (Å²) in [7, 11) is 0. The van der Waals surface area contributed by atoms with Gasteiger partial charge in [-0.1, -0.05) is 6.92 Å². The van der Waals surface area contributed by atoms with E-state index in [1.165, 1.54) is 0 Å². The number of anilines is 1. The summed E-state index contributed by atoms with van der Waals surface area (Å²) in [6.07, 6.45) is 2.70. The van der Waals surface area contributed by atoms with E-state index in [1.54, 1.807) is 12.3 Å². The van der Waals surface area contributed by atoms with Crippen LogP contribution in [0.15, 0.2) is 12.3 Å². The van der Waals surface area contributed by atoms with Gasteiger partial charge in [-0.2, -0.15) is 0 Å². The van der Waals surface area contributed by atoms with E-state index in [4.69, 9.17) is 5.84 Å². The van der Waals surface area contributed by atoms with E-state index in [1.807, 2.05) is 6.92 Å². The fourth-order valence-corrected chi connectivity index (χ4v) is 2.56. The molecule has 1 atom stereocenters. The number of nitrogen functional groups attached to an aromatic ring is 1. The minimum Gasteiger partial charge on any atom is -0.352 e. The topological polar surface area (TPSA) is 83.3 Å². The number of nitrogens with zero attached hydrogens (tertiary/aromatic N) is 2. The van der Waals surface area contributed by atoms with Crippen molar-refractivity contribution in [2.24, 2.45) is 11.8 Å². The molecule has 6 nitrogen and oxygen atoms in total. The van der Waals surface area contributed by atoms with Crippen molar-refractivity contribution in [3.05, 3.63) is 23.5 Å². The quantitative estimate of drug-likeness (QED) is 0.546. The molecule has 4 N–H and O–H groups in total. The number of nitrogens with two attached hydrogens (primary N) is 1. The number of nitrogens with one attached hydrogen (secondary N) is 2. The van der Waals surface area contributed by atoms with Crippen molar-refractivity contribution in [1.29, 1.82) is 0 Å². The smallest absolute Gasteiger partial charge is 0.255 e. The Balaban J connectivity index is 1.92. The molecule has 1 unspecified atom stereocenters. The third kappa shape index (κ3) is 3.46. The lowest BCUT2D eigenvalue weighted by molar-refractivity contribution is 0.0948. The van der Waals surface area contributed by atoms with Crippen molar-refractivity contribution >= 4 is 11.6 Å². The number of hydrazine groups is 1. The van der Waals surface area contributed by atoms with Gasteiger partial charge in [0.15, 0.2) is 0 Å². The summed E-state index contributed by atoms with van der Waals surface area (Å²) >= 11 is 0. The van der Waals surface area contributed by atoms with Gasteiger partial charge < -0.3 is 15.6 Å². The van der Waals surface area contributed by atoms with Crippen LogP contribution in [0.1, 0.15) is 29.4 Å². The highest BCUT2D eigenvalue weighted by atomic mass is 16.1. The lowest BCUT2D eigenvalue weighted by Crippen LogP contribution is -2.31. The monoisotopic (exact) mass is 277 g/mol. The zero-order valence-electron chi connectivity index (χ0n) is 12.1. The Morgan fingerprint density at radius 1 is 1.60 bits per heavy atom. The van der Waals surface area contributed by atoms with Gasteiger partial charge in [0.1, 0.15) is 0 Å². The molecule has 1 amide bonds. The van der Waals surface area contributed by atoms with Crippen molar-refractivity contribution in [3.63, 3.8) is 0 Å². The Bertz CT molecular complexity index is 477. The molecule has 1 saturated heterocycles. The maximum Gasteiger partial charge on any atom is 0.255 e. The van der Waals surface area contributed by atoms with Crippen molar-refractivity contribution in [3.8, 4) is 0 Å². The van der Waals surface area contributed by atoms with Crippen LogP contribution in [0.3, 0.4) is 0 Å². The lowest BCUT2D eigenvalue weighted by atomic mass is 10.1. The van der Waals surface area contributed by atoms with Crippen molar-refractivity contribution in [2.75, 3.05) is 31.6 Å². The zero-order valence-corrected chi connectivity index (χ0v) is 12.1. The Morgan fingerprint density at radius 3 is 3.05 bits per heavy atom. The van der Waals surface area contributed by atoms with Crippen LogP contribution < -0.4 is 16.6 Å². The number of likely N-dealkylation sites (tertiary alicyclic amines) is 1. The van der Waals surface area contributed by atoms with Gasteiger partial charge in [0, 0.05) is 25.0 Å². The summed E-state index contributed by atoms with van der Waals surface area (Å²) in [5, 5.41) is 2.98. The van der Waals surface area contributed by atoms with Crippen molar-refractivity contribution < 1.29 is 4.79 Å². The van der Waals surface area contributed by atoms with Crippen molar-refractivity contribution in [2.45, 2.75) is 20.3 Å². The molecule has 2 rings (SSSR count). The SMILES string of the molecule is CCN1CCC(CNC(=O)c2cnc(C)cc2NN)C1. The lowest BCUT2D eigenvalue weighted by Gasteiger charge is -2.14. The molecule has 1 aliphatic heterocycles. The standard InChI is InChI=1S/C14H23N5O/c1-3-19-5-4-11(9-19)7-17-14(20)12-8-16-10(2)6-13(12)18-15/h6,8,11H,3-5,7,9,15H2,1-2H3,(H,16,18)(H,17,20). The molecule has 1 aliphatic rings. The molecular formula is C14H23N5O. The Morgan fingerprint density at radius 2 is 2.40 bits per heavy atom. The van der Waals surface area contributed by atoms with E-state index < -0.39 is 0 Å². The maximum atomic E-state index is 12.2. The van der Waals surface area contributed by atoms with Gasteiger partial charge in [-0.15, -0.1) is 0 Å². The number of rotatable bonds is 5. The van der Waals surface area contributed by atoms with E-state index in [0.717, 1.165) is 31.7 Å². The Kier molecular flexibility index (Phi) is 4.92. The minimum atomic E-state index is -0.125. The molecule has 0 spiro atoms. The van der Waals surface area contributed by atoms with E-state index in [-0.39, 0.29) is 5.91 Å². The highest BCUT2D eigenvalue weighted by Gasteiger charge is 2.22. The summed E-state index contributed by atoms with van der Waals surface area (Å²) < 4.78 is 0. The molecule has 1 fully saturated rings. The molecule has 1 aromatic heterocycles. The van der Waals surface area contributed by atoms with E-state index in [2.05, 4.69) is 27.6 Å². The number of pyridine rings is 1. The largest absolute Gasteiger partial charge is 0.352 e. The number of amides is 1.